The molecule has 0 saturated carbocycles. The molecule has 1 unspecified atom stereocenters. The van der Waals surface area contributed by atoms with E-state index in [1.165, 1.54) is 24.3 Å². The Hall–Kier alpha value is -3.80. The standard InChI is InChI=1S/C30H26F3NO3S/c1-22(2)21-34(38(36,37)27-12-4-3-5-13-27)26-17-15-25(16-18-26)29(35,30(31,32)33)20-19-24-11-8-10-23-9-6-7-14-28(23)24/h3-18,22,35H,21H2,1-2H3. The minimum absolute atomic E-state index is 0.0631. The van der Waals surface area contributed by atoms with Crippen LogP contribution in [0.4, 0.5) is 18.9 Å². The fraction of sp³-hybridized carbons (Fsp3) is 0.200. The molecule has 0 fully saturated rings. The molecule has 4 aromatic carbocycles. The van der Waals surface area contributed by atoms with Gasteiger partial charge in [-0.3, -0.25) is 4.31 Å². The largest absolute Gasteiger partial charge is 0.433 e. The van der Waals surface area contributed by atoms with Crippen molar-refractivity contribution in [1.82, 2.24) is 0 Å². The van der Waals surface area contributed by atoms with Gasteiger partial charge in [0, 0.05) is 17.7 Å². The second kappa shape index (κ2) is 10.5. The summed E-state index contributed by atoms with van der Waals surface area (Å²) < 4.78 is 70.4. The Balaban J connectivity index is 1.76. The normalized spacial score (nSPS) is 13.6. The summed E-state index contributed by atoms with van der Waals surface area (Å²) in [5, 5.41) is 12.3. The van der Waals surface area contributed by atoms with Crippen LogP contribution in [0.15, 0.2) is 102 Å². The third-order valence-corrected chi connectivity index (χ3v) is 7.82. The first-order valence-electron chi connectivity index (χ1n) is 11.9. The third-order valence-electron chi connectivity index (χ3n) is 6.01. The number of fused-ring (bicyclic) bond motifs is 1. The zero-order valence-corrected chi connectivity index (χ0v) is 21.6. The van der Waals surface area contributed by atoms with Crippen molar-refractivity contribution in [3.63, 3.8) is 0 Å². The number of sulfonamides is 1. The maximum atomic E-state index is 14.2. The Bertz CT molecular complexity index is 1580. The van der Waals surface area contributed by atoms with Gasteiger partial charge in [-0.25, -0.2) is 8.42 Å². The highest BCUT2D eigenvalue weighted by Gasteiger charge is 2.54. The highest BCUT2D eigenvalue weighted by molar-refractivity contribution is 7.92. The van der Waals surface area contributed by atoms with Crippen LogP contribution in [0.2, 0.25) is 0 Å². The van der Waals surface area contributed by atoms with Crippen molar-refractivity contribution < 1.29 is 26.7 Å². The topological polar surface area (TPSA) is 57.6 Å². The van der Waals surface area contributed by atoms with Gasteiger partial charge in [-0.1, -0.05) is 86.5 Å². The lowest BCUT2D eigenvalue weighted by molar-refractivity contribution is -0.240. The molecule has 0 aliphatic rings. The molecule has 196 valence electrons. The minimum Gasteiger partial charge on any atom is -0.366 e. The summed E-state index contributed by atoms with van der Waals surface area (Å²) in [4.78, 5) is 0.0671. The first-order chi connectivity index (χ1) is 17.9. The van der Waals surface area contributed by atoms with E-state index in [0.717, 1.165) is 21.8 Å². The van der Waals surface area contributed by atoms with Crippen molar-refractivity contribution in [3.05, 3.63) is 108 Å². The second-order valence-corrected chi connectivity index (χ2v) is 11.1. The zero-order chi connectivity index (χ0) is 27.6. The van der Waals surface area contributed by atoms with Gasteiger partial charge in [0.1, 0.15) is 0 Å². The molecule has 8 heteroatoms. The molecule has 38 heavy (non-hydrogen) atoms. The van der Waals surface area contributed by atoms with Gasteiger partial charge in [0.05, 0.1) is 10.6 Å². The quantitative estimate of drug-likeness (QED) is 0.286. The van der Waals surface area contributed by atoms with Crippen LogP contribution in [0.5, 0.6) is 0 Å². The molecule has 0 aromatic heterocycles. The summed E-state index contributed by atoms with van der Waals surface area (Å²) in [5.41, 5.74) is -3.45. The van der Waals surface area contributed by atoms with Crippen LogP contribution in [-0.2, 0) is 15.6 Å². The number of hydrogen-bond acceptors (Lipinski definition) is 3. The SMILES string of the molecule is CC(C)CN(c1ccc(C(O)(C#Cc2cccc3ccccc23)C(F)(F)F)cc1)S(=O)(=O)c1ccccc1. The molecule has 4 rings (SSSR count). The molecule has 0 aliphatic heterocycles. The third kappa shape index (κ3) is 5.40. The highest BCUT2D eigenvalue weighted by Crippen LogP contribution is 2.39. The van der Waals surface area contributed by atoms with Gasteiger partial charge in [-0.15, -0.1) is 0 Å². The number of aliphatic hydroxyl groups is 1. The molecule has 0 spiro atoms. The van der Waals surface area contributed by atoms with Crippen LogP contribution in [0.1, 0.15) is 25.0 Å². The summed E-state index contributed by atoms with van der Waals surface area (Å²) in [6.07, 6.45) is -5.11. The van der Waals surface area contributed by atoms with Gasteiger partial charge in [0.2, 0.25) is 5.60 Å². The molecule has 0 bridgehead atoms. The van der Waals surface area contributed by atoms with Crippen LogP contribution in [0.3, 0.4) is 0 Å². The van der Waals surface area contributed by atoms with E-state index in [2.05, 4.69) is 5.92 Å². The number of nitrogens with zero attached hydrogens (tertiary/aromatic N) is 1. The molecule has 0 heterocycles. The number of benzene rings is 4. The number of halogens is 3. The molecule has 0 aliphatic carbocycles. The van der Waals surface area contributed by atoms with Gasteiger partial charge in [0.15, 0.2) is 0 Å². The minimum atomic E-state index is -5.11. The molecule has 1 atom stereocenters. The van der Waals surface area contributed by atoms with Crippen LogP contribution in [0, 0.1) is 17.8 Å². The Morgan fingerprint density at radius 2 is 1.45 bits per heavy atom. The van der Waals surface area contributed by atoms with Crippen molar-refractivity contribution >= 4 is 26.5 Å². The number of anilines is 1. The smallest absolute Gasteiger partial charge is 0.366 e. The molecule has 1 N–H and O–H groups in total. The fourth-order valence-electron chi connectivity index (χ4n) is 4.06. The average Bonchev–Trinajstić information content (AvgIpc) is 2.90. The summed E-state index contributed by atoms with van der Waals surface area (Å²) in [6, 6.07) is 24.7. The van der Waals surface area contributed by atoms with E-state index in [4.69, 9.17) is 0 Å². The number of rotatable bonds is 6. The monoisotopic (exact) mass is 537 g/mol. The van der Waals surface area contributed by atoms with E-state index in [0.29, 0.717) is 10.9 Å². The highest BCUT2D eigenvalue weighted by atomic mass is 32.2. The Labute approximate surface area is 220 Å². The van der Waals surface area contributed by atoms with E-state index >= 15 is 0 Å². The first-order valence-corrected chi connectivity index (χ1v) is 13.4. The van der Waals surface area contributed by atoms with Gasteiger partial charge in [0.25, 0.3) is 10.0 Å². The van der Waals surface area contributed by atoms with Crippen molar-refractivity contribution in [3.8, 4) is 11.8 Å². The Morgan fingerprint density at radius 3 is 2.08 bits per heavy atom. The second-order valence-electron chi connectivity index (χ2n) is 9.27. The van der Waals surface area contributed by atoms with Crippen molar-refractivity contribution in [2.75, 3.05) is 10.8 Å². The maximum absolute atomic E-state index is 14.2. The first kappa shape index (κ1) is 27.2. The summed E-state index contributed by atoms with van der Waals surface area (Å²) in [5.74, 6) is 4.50. The predicted octanol–water partition coefficient (Wildman–Crippen LogP) is 6.49. The molecule has 0 saturated heterocycles. The maximum Gasteiger partial charge on any atom is 0.433 e. The van der Waals surface area contributed by atoms with E-state index in [9.17, 15) is 26.7 Å². The van der Waals surface area contributed by atoms with E-state index in [-0.39, 0.29) is 23.0 Å². The Kier molecular flexibility index (Phi) is 7.54. The summed E-state index contributed by atoms with van der Waals surface area (Å²) in [6.45, 7) is 3.79. The molecule has 4 nitrogen and oxygen atoms in total. The van der Waals surface area contributed by atoms with Crippen molar-refractivity contribution in [2.24, 2.45) is 5.92 Å². The van der Waals surface area contributed by atoms with Crippen LogP contribution in [-0.4, -0.2) is 26.2 Å². The number of alkyl halides is 3. The van der Waals surface area contributed by atoms with Crippen LogP contribution >= 0.6 is 0 Å². The van der Waals surface area contributed by atoms with Gasteiger partial charge >= 0.3 is 6.18 Å². The van der Waals surface area contributed by atoms with Gasteiger partial charge in [-0.2, -0.15) is 13.2 Å². The van der Waals surface area contributed by atoms with Crippen molar-refractivity contribution in [2.45, 2.75) is 30.5 Å². The lowest BCUT2D eigenvalue weighted by Gasteiger charge is -2.28. The van der Waals surface area contributed by atoms with E-state index < -0.39 is 27.4 Å². The molecule has 4 aromatic rings. The molecule has 0 amide bonds. The number of hydrogen-bond donors (Lipinski definition) is 1. The van der Waals surface area contributed by atoms with Crippen molar-refractivity contribution in [1.29, 1.82) is 0 Å². The van der Waals surface area contributed by atoms with Gasteiger partial charge < -0.3 is 5.11 Å². The lowest BCUT2D eigenvalue weighted by Crippen LogP contribution is -2.41. The fourth-order valence-corrected chi connectivity index (χ4v) is 5.71. The van der Waals surface area contributed by atoms with Crippen LogP contribution in [0.25, 0.3) is 10.8 Å². The molecule has 0 radical (unpaired) electrons. The summed E-state index contributed by atoms with van der Waals surface area (Å²) in [7, 11) is -3.97. The van der Waals surface area contributed by atoms with Crippen LogP contribution < -0.4 is 4.31 Å². The predicted molar refractivity (Wildman–Crippen MR) is 143 cm³/mol. The molecular formula is C30H26F3NO3S. The lowest BCUT2D eigenvalue weighted by atomic mass is 9.92. The van der Waals surface area contributed by atoms with Gasteiger partial charge in [-0.05, 0) is 52.9 Å². The zero-order valence-electron chi connectivity index (χ0n) is 20.8. The average molecular weight is 538 g/mol. The Morgan fingerprint density at radius 1 is 0.842 bits per heavy atom. The van der Waals surface area contributed by atoms with E-state index in [1.807, 2.05) is 38.0 Å². The molecular weight excluding hydrogens is 511 g/mol. The summed E-state index contributed by atoms with van der Waals surface area (Å²) >= 11 is 0. The van der Waals surface area contributed by atoms with E-state index in [1.54, 1.807) is 42.5 Å².